The van der Waals surface area contributed by atoms with Gasteiger partial charge in [0.1, 0.15) is 5.76 Å². The molecule has 0 aliphatic carbocycles. The van der Waals surface area contributed by atoms with Crippen molar-refractivity contribution in [1.29, 1.82) is 5.26 Å². The van der Waals surface area contributed by atoms with Gasteiger partial charge in [-0.05, 0) is 12.3 Å². The maximum absolute atomic E-state index is 8.28. The van der Waals surface area contributed by atoms with E-state index in [1.165, 1.54) is 6.08 Å². The SMILES string of the molecule is C[C@H]1CCC(=CC#N)OC1. The van der Waals surface area contributed by atoms with Gasteiger partial charge in [-0.15, -0.1) is 0 Å². The Morgan fingerprint density at radius 1 is 1.80 bits per heavy atom. The van der Waals surface area contributed by atoms with Crippen LogP contribution in [0.5, 0.6) is 0 Å². The zero-order valence-electron chi connectivity index (χ0n) is 6.13. The monoisotopic (exact) mass is 137 g/mol. The van der Waals surface area contributed by atoms with Crippen LogP contribution in [0.2, 0.25) is 0 Å². The molecule has 0 aromatic rings. The molecule has 1 aliphatic rings. The minimum absolute atomic E-state index is 0.649. The van der Waals surface area contributed by atoms with E-state index in [4.69, 9.17) is 10.00 Å². The molecule has 1 aliphatic heterocycles. The molecule has 2 heteroatoms. The minimum Gasteiger partial charge on any atom is -0.497 e. The van der Waals surface area contributed by atoms with Crippen molar-refractivity contribution in [3.8, 4) is 6.07 Å². The number of nitriles is 1. The zero-order chi connectivity index (χ0) is 7.40. The van der Waals surface area contributed by atoms with E-state index in [0.29, 0.717) is 5.92 Å². The van der Waals surface area contributed by atoms with Gasteiger partial charge in [0.15, 0.2) is 0 Å². The lowest BCUT2D eigenvalue weighted by Crippen LogP contribution is -2.12. The molecule has 10 heavy (non-hydrogen) atoms. The maximum atomic E-state index is 8.28. The highest BCUT2D eigenvalue weighted by Gasteiger charge is 2.12. The number of rotatable bonds is 0. The van der Waals surface area contributed by atoms with Gasteiger partial charge in [0.25, 0.3) is 0 Å². The fraction of sp³-hybridized carbons (Fsp3) is 0.625. The highest BCUT2D eigenvalue weighted by molar-refractivity contribution is 5.08. The Morgan fingerprint density at radius 2 is 2.60 bits per heavy atom. The summed E-state index contributed by atoms with van der Waals surface area (Å²) in [6.07, 6.45) is 3.56. The first-order valence-corrected chi connectivity index (χ1v) is 3.54. The zero-order valence-corrected chi connectivity index (χ0v) is 6.13. The molecule has 1 saturated heterocycles. The van der Waals surface area contributed by atoms with Crippen molar-refractivity contribution in [1.82, 2.24) is 0 Å². The summed E-state index contributed by atoms with van der Waals surface area (Å²) in [5, 5.41) is 8.28. The maximum Gasteiger partial charge on any atom is 0.106 e. The summed E-state index contributed by atoms with van der Waals surface area (Å²) in [5.41, 5.74) is 0. The van der Waals surface area contributed by atoms with Crippen LogP contribution in [0.25, 0.3) is 0 Å². The second-order valence-corrected chi connectivity index (χ2v) is 2.69. The average molecular weight is 137 g/mol. The summed E-state index contributed by atoms with van der Waals surface area (Å²) in [4.78, 5) is 0. The van der Waals surface area contributed by atoms with Crippen LogP contribution in [0.15, 0.2) is 11.8 Å². The molecule has 1 fully saturated rings. The van der Waals surface area contributed by atoms with Gasteiger partial charge in [0.05, 0.1) is 18.8 Å². The Balaban J connectivity index is 2.42. The van der Waals surface area contributed by atoms with E-state index in [0.717, 1.165) is 25.2 Å². The van der Waals surface area contributed by atoms with E-state index in [-0.39, 0.29) is 0 Å². The third kappa shape index (κ3) is 1.77. The van der Waals surface area contributed by atoms with Crippen molar-refractivity contribution in [2.45, 2.75) is 19.8 Å². The smallest absolute Gasteiger partial charge is 0.106 e. The second kappa shape index (κ2) is 3.26. The van der Waals surface area contributed by atoms with Crippen molar-refractivity contribution in [3.05, 3.63) is 11.8 Å². The standard InChI is InChI=1S/C8H11NO/c1-7-2-3-8(4-5-9)10-6-7/h4,7H,2-3,6H2,1H3/t7-/m0/s1. The molecular formula is C8H11NO. The summed E-state index contributed by atoms with van der Waals surface area (Å²) in [7, 11) is 0. The van der Waals surface area contributed by atoms with Gasteiger partial charge < -0.3 is 4.74 Å². The van der Waals surface area contributed by atoms with Crippen LogP contribution >= 0.6 is 0 Å². The van der Waals surface area contributed by atoms with E-state index in [1.54, 1.807) is 0 Å². The molecule has 1 heterocycles. The molecule has 2 nitrogen and oxygen atoms in total. The van der Waals surface area contributed by atoms with Gasteiger partial charge in [-0.2, -0.15) is 5.26 Å². The van der Waals surface area contributed by atoms with E-state index in [1.807, 2.05) is 6.07 Å². The average Bonchev–Trinajstić information content (AvgIpc) is 1.95. The van der Waals surface area contributed by atoms with E-state index >= 15 is 0 Å². The predicted molar refractivity (Wildman–Crippen MR) is 38.0 cm³/mol. The molecule has 0 N–H and O–H groups in total. The Labute approximate surface area is 61.1 Å². The first-order chi connectivity index (χ1) is 4.83. The molecule has 0 spiro atoms. The highest BCUT2D eigenvalue weighted by atomic mass is 16.5. The summed E-state index contributed by atoms with van der Waals surface area (Å²) in [6.45, 7) is 2.93. The molecule has 54 valence electrons. The molecule has 0 radical (unpaired) electrons. The normalized spacial score (nSPS) is 29.2. The third-order valence-corrected chi connectivity index (χ3v) is 1.66. The van der Waals surface area contributed by atoms with E-state index < -0.39 is 0 Å². The van der Waals surface area contributed by atoms with Crippen LogP contribution in [0.4, 0.5) is 0 Å². The van der Waals surface area contributed by atoms with Crippen LogP contribution in [-0.2, 0) is 4.74 Å². The lowest BCUT2D eigenvalue weighted by atomic mass is 10.0. The van der Waals surface area contributed by atoms with Crippen molar-refractivity contribution in [3.63, 3.8) is 0 Å². The molecule has 1 atom stereocenters. The van der Waals surface area contributed by atoms with Crippen LogP contribution in [0, 0.1) is 17.2 Å². The molecular weight excluding hydrogens is 126 g/mol. The third-order valence-electron chi connectivity index (χ3n) is 1.66. The first-order valence-electron chi connectivity index (χ1n) is 3.54. The predicted octanol–water partition coefficient (Wildman–Crippen LogP) is 1.84. The summed E-state index contributed by atoms with van der Waals surface area (Å²) >= 11 is 0. The molecule has 1 rings (SSSR count). The fourth-order valence-electron chi connectivity index (χ4n) is 0.979. The molecule has 0 amide bonds. The summed E-state index contributed by atoms with van der Waals surface area (Å²) < 4.78 is 5.27. The van der Waals surface area contributed by atoms with Gasteiger partial charge in [-0.1, -0.05) is 6.92 Å². The van der Waals surface area contributed by atoms with Gasteiger partial charge in [-0.3, -0.25) is 0 Å². The summed E-state index contributed by atoms with van der Waals surface area (Å²) in [5.74, 6) is 1.50. The Bertz CT molecular complexity index is 168. The topological polar surface area (TPSA) is 33.0 Å². The van der Waals surface area contributed by atoms with Crippen molar-refractivity contribution < 1.29 is 4.74 Å². The van der Waals surface area contributed by atoms with Gasteiger partial charge in [0, 0.05) is 6.42 Å². The minimum atomic E-state index is 0.649. The largest absolute Gasteiger partial charge is 0.497 e. The first kappa shape index (κ1) is 7.14. The number of hydrogen-bond donors (Lipinski definition) is 0. The van der Waals surface area contributed by atoms with Crippen LogP contribution in [-0.4, -0.2) is 6.61 Å². The fourth-order valence-corrected chi connectivity index (χ4v) is 0.979. The number of hydrogen-bond acceptors (Lipinski definition) is 2. The van der Waals surface area contributed by atoms with E-state index in [2.05, 4.69) is 6.92 Å². The van der Waals surface area contributed by atoms with Crippen molar-refractivity contribution in [2.24, 2.45) is 5.92 Å². The van der Waals surface area contributed by atoms with E-state index in [9.17, 15) is 0 Å². The van der Waals surface area contributed by atoms with Crippen LogP contribution in [0.3, 0.4) is 0 Å². The highest BCUT2D eigenvalue weighted by Crippen LogP contribution is 2.20. The van der Waals surface area contributed by atoms with Crippen LogP contribution in [0.1, 0.15) is 19.8 Å². The van der Waals surface area contributed by atoms with Crippen LogP contribution < -0.4 is 0 Å². The second-order valence-electron chi connectivity index (χ2n) is 2.69. The molecule has 0 saturated carbocycles. The molecule has 0 bridgehead atoms. The lowest BCUT2D eigenvalue weighted by Gasteiger charge is -2.20. The molecule has 0 aromatic heterocycles. The van der Waals surface area contributed by atoms with Crippen molar-refractivity contribution >= 4 is 0 Å². The van der Waals surface area contributed by atoms with Crippen molar-refractivity contribution in [2.75, 3.05) is 6.61 Å². The number of ether oxygens (including phenoxy) is 1. The molecule has 0 aromatic carbocycles. The van der Waals surface area contributed by atoms with Gasteiger partial charge in [-0.25, -0.2) is 0 Å². The summed E-state index contributed by atoms with van der Waals surface area (Å²) in [6, 6.07) is 1.97. The molecule has 0 unspecified atom stereocenters. The number of nitrogens with zero attached hydrogens (tertiary/aromatic N) is 1. The Morgan fingerprint density at radius 3 is 3.10 bits per heavy atom. The quantitative estimate of drug-likeness (QED) is 0.477. The Hall–Kier alpha value is -0.970. The number of allylic oxidation sites excluding steroid dienone is 2. The van der Waals surface area contributed by atoms with Gasteiger partial charge in [0.2, 0.25) is 0 Å². The lowest BCUT2D eigenvalue weighted by molar-refractivity contribution is 0.124. The van der Waals surface area contributed by atoms with Gasteiger partial charge >= 0.3 is 0 Å². The Kier molecular flexibility index (Phi) is 2.33.